The number of β-amino-alcohol motifs (C(OH)–C–C–N with tert-alkyl or cyclic N) is 1. The molecule has 1 amide bonds. The van der Waals surface area contributed by atoms with Gasteiger partial charge in [-0.3, -0.25) is 9.69 Å². The third-order valence-electron chi connectivity index (χ3n) is 6.21. The fraction of sp³-hybridized carbons (Fsp3) is 0.536. The van der Waals surface area contributed by atoms with Crippen LogP contribution in [0.1, 0.15) is 29.8 Å². The number of carbonyl (C=O) groups excluding carboxylic acids is 1. The Bertz CT molecular complexity index is 943. The van der Waals surface area contributed by atoms with Crippen molar-refractivity contribution in [2.45, 2.75) is 32.5 Å². The minimum Gasteiger partial charge on any atom is -0.493 e. The number of benzene rings is 2. The summed E-state index contributed by atoms with van der Waals surface area (Å²) in [6, 6.07) is 13.4. The first-order valence-electron chi connectivity index (χ1n) is 12.5. The van der Waals surface area contributed by atoms with Crippen molar-refractivity contribution >= 4 is 5.91 Å². The van der Waals surface area contributed by atoms with Gasteiger partial charge in [-0.05, 0) is 30.0 Å². The number of carbonyl (C=O) groups is 1. The molecule has 0 aromatic heterocycles. The molecular formula is C28H40N2O6. The first-order valence-corrected chi connectivity index (χ1v) is 12.5. The third-order valence-corrected chi connectivity index (χ3v) is 6.21. The monoisotopic (exact) mass is 500 g/mol. The highest BCUT2D eigenvalue weighted by Gasteiger charge is 2.28. The van der Waals surface area contributed by atoms with E-state index in [-0.39, 0.29) is 17.9 Å². The van der Waals surface area contributed by atoms with Crippen LogP contribution in [0.25, 0.3) is 0 Å². The van der Waals surface area contributed by atoms with E-state index in [1.54, 1.807) is 12.1 Å². The smallest absolute Gasteiger partial charge is 0.254 e. The van der Waals surface area contributed by atoms with Gasteiger partial charge < -0.3 is 29.0 Å². The largest absolute Gasteiger partial charge is 0.493 e. The standard InChI is InChI=1S/C28H40N2O6/c1-20(2)16-30(28(32)22-14-25(33-3)27(35-5)26(15-22)34-4)19-24-18-29(11-12-36-24)17-23(31)13-21-9-7-6-8-10-21/h6-10,14-15,20,23-24,31H,11-13,16-19H2,1-5H3/t23-,24-/m0/s1. The van der Waals surface area contributed by atoms with E-state index in [0.717, 1.165) is 12.1 Å². The molecule has 0 unspecified atom stereocenters. The van der Waals surface area contributed by atoms with Gasteiger partial charge in [0, 0.05) is 38.3 Å². The fourth-order valence-corrected chi connectivity index (χ4v) is 4.62. The lowest BCUT2D eigenvalue weighted by Gasteiger charge is -2.37. The highest BCUT2D eigenvalue weighted by molar-refractivity contribution is 5.95. The SMILES string of the molecule is COc1cc(C(=O)N(CC(C)C)C[C@@H]2CN(C[C@@H](O)Cc3ccccc3)CCO2)cc(OC)c1OC. The van der Waals surface area contributed by atoms with Gasteiger partial charge in [0.1, 0.15) is 0 Å². The predicted molar refractivity (Wildman–Crippen MR) is 139 cm³/mol. The van der Waals surface area contributed by atoms with Crippen molar-refractivity contribution in [3.8, 4) is 17.2 Å². The second kappa shape index (κ2) is 13.5. The molecule has 0 bridgehead atoms. The quantitative estimate of drug-likeness (QED) is 0.480. The average molecular weight is 501 g/mol. The summed E-state index contributed by atoms with van der Waals surface area (Å²) in [7, 11) is 4.61. The van der Waals surface area contributed by atoms with Crippen LogP contribution in [0, 0.1) is 5.92 Å². The Balaban J connectivity index is 1.69. The van der Waals surface area contributed by atoms with Gasteiger partial charge in [-0.15, -0.1) is 0 Å². The molecule has 2 aromatic carbocycles. The van der Waals surface area contributed by atoms with E-state index in [4.69, 9.17) is 18.9 Å². The molecule has 1 saturated heterocycles. The molecular weight excluding hydrogens is 460 g/mol. The number of aliphatic hydroxyl groups excluding tert-OH is 1. The molecule has 3 rings (SSSR count). The number of ether oxygens (including phenoxy) is 4. The molecule has 0 aliphatic carbocycles. The number of methoxy groups -OCH3 is 3. The molecule has 8 nitrogen and oxygen atoms in total. The van der Waals surface area contributed by atoms with Crippen LogP contribution in [-0.4, -0.2) is 93.7 Å². The maximum Gasteiger partial charge on any atom is 0.254 e. The summed E-state index contributed by atoms with van der Waals surface area (Å²) in [6.07, 6.45) is 0.00768. The van der Waals surface area contributed by atoms with E-state index in [1.807, 2.05) is 35.2 Å². The first kappa shape index (κ1) is 27.8. The lowest BCUT2D eigenvalue weighted by Crippen LogP contribution is -2.51. The zero-order chi connectivity index (χ0) is 26.1. The highest BCUT2D eigenvalue weighted by Crippen LogP contribution is 2.38. The summed E-state index contributed by atoms with van der Waals surface area (Å²) in [6.45, 7) is 7.77. The topological polar surface area (TPSA) is 80.7 Å². The molecule has 1 heterocycles. The molecule has 1 N–H and O–H groups in total. The van der Waals surface area contributed by atoms with E-state index in [2.05, 4.69) is 18.7 Å². The summed E-state index contributed by atoms with van der Waals surface area (Å²) >= 11 is 0. The lowest BCUT2D eigenvalue weighted by atomic mass is 10.1. The molecule has 2 atom stereocenters. The normalized spacial score (nSPS) is 17.0. The molecule has 0 spiro atoms. The lowest BCUT2D eigenvalue weighted by molar-refractivity contribution is -0.0510. The Morgan fingerprint density at radius 3 is 2.36 bits per heavy atom. The fourth-order valence-electron chi connectivity index (χ4n) is 4.62. The average Bonchev–Trinajstić information content (AvgIpc) is 2.87. The van der Waals surface area contributed by atoms with Crippen molar-refractivity contribution < 1.29 is 28.8 Å². The van der Waals surface area contributed by atoms with Gasteiger partial charge in [-0.2, -0.15) is 0 Å². The predicted octanol–water partition coefficient (Wildman–Crippen LogP) is 3.12. The maximum absolute atomic E-state index is 13.6. The second-order valence-electron chi connectivity index (χ2n) is 9.61. The summed E-state index contributed by atoms with van der Waals surface area (Å²) in [5.74, 6) is 1.50. The minimum absolute atomic E-state index is 0.118. The summed E-state index contributed by atoms with van der Waals surface area (Å²) in [5, 5.41) is 10.6. The van der Waals surface area contributed by atoms with Gasteiger partial charge in [0.05, 0.1) is 40.1 Å². The number of aliphatic hydroxyl groups is 1. The van der Waals surface area contributed by atoms with Crippen LogP contribution >= 0.6 is 0 Å². The number of amides is 1. The Kier molecular flexibility index (Phi) is 10.4. The highest BCUT2D eigenvalue weighted by atomic mass is 16.5. The Labute approximate surface area is 214 Å². The Morgan fingerprint density at radius 2 is 1.78 bits per heavy atom. The molecule has 1 fully saturated rings. The molecule has 1 aliphatic rings. The number of hydrogen-bond donors (Lipinski definition) is 1. The van der Waals surface area contributed by atoms with Gasteiger partial charge in [-0.25, -0.2) is 0 Å². The molecule has 8 heteroatoms. The second-order valence-corrected chi connectivity index (χ2v) is 9.61. The van der Waals surface area contributed by atoms with Crippen LogP contribution in [0.15, 0.2) is 42.5 Å². The van der Waals surface area contributed by atoms with Crippen molar-refractivity contribution in [2.75, 3.05) is 60.7 Å². The van der Waals surface area contributed by atoms with Crippen LogP contribution < -0.4 is 14.2 Å². The van der Waals surface area contributed by atoms with E-state index in [1.165, 1.54) is 21.3 Å². The number of morpholine rings is 1. The maximum atomic E-state index is 13.6. The molecule has 0 radical (unpaired) electrons. The van der Waals surface area contributed by atoms with Gasteiger partial charge in [-0.1, -0.05) is 44.2 Å². The summed E-state index contributed by atoms with van der Waals surface area (Å²) < 4.78 is 22.3. The number of nitrogens with zero attached hydrogens (tertiary/aromatic N) is 2. The molecule has 2 aromatic rings. The number of hydrogen-bond acceptors (Lipinski definition) is 7. The summed E-state index contributed by atoms with van der Waals surface area (Å²) in [4.78, 5) is 17.7. The van der Waals surface area contributed by atoms with Gasteiger partial charge in [0.25, 0.3) is 5.91 Å². The number of rotatable bonds is 12. The van der Waals surface area contributed by atoms with E-state index in [9.17, 15) is 9.90 Å². The third kappa shape index (κ3) is 7.59. The summed E-state index contributed by atoms with van der Waals surface area (Å²) in [5.41, 5.74) is 1.59. The molecule has 0 saturated carbocycles. The van der Waals surface area contributed by atoms with Gasteiger partial charge in [0.15, 0.2) is 11.5 Å². The minimum atomic E-state index is -0.459. The van der Waals surface area contributed by atoms with Crippen LogP contribution in [0.2, 0.25) is 0 Å². The van der Waals surface area contributed by atoms with E-state index < -0.39 is 6.10 Å². The van der Waals surface area contributed by atoms with Crippen LogP contribution in [0.3, 0.4) is 0 Å². The van der Waals surface area contributed by atoms with Crippen molar-refractivity contribution in [1.82, 2.24) is 9.80 Å². The van der Waals surface area contributed by atoms with Crippen molar-refractivity contribution in [3.63, 3.8) is 0 Å². The van der Waals surface area contributed by atoms with Crippen LogP contribution in [0.4, 0.5) is 0 Å². The van der Waals surface area contributed by atoms with Gasteiger partial charge in [0.2, 0.25) is 5.75 Å². The Hall–Kier alpha value is -2.81. The zero-order valence-electron chi connectivity index (χ0n) is 22.1. The van der Waals surface area contributed by atoms with Crippen molar-refractivity contribution in [2.24, 2.45) is 5.92 Å². The molecule has 36 heavy (non-hydrogen) atoms. The molecule has 1 aliphatic heterocycles. The van der Waals surface area contributed by atoms with E-state index >= 15 is 0 Å². The van der Waals surface area contributed by atoms with Crippen molar-refractivity contribution in [1.29, 1.82) is 0 Å². The Morgan fingerprint density at radius 1 is 1.11 bits per heavy atom. The van der Waals surface area contributed by atoms with E-state index in [0.29, 0.717) is 62.0 Å². The zero-order valence-corrected chi connectivity index (χ0v) is 22.1. The van der Waals surface area contributed by atoms with Crippen molar-refractivity contribution in [3.05, 3.63) is 53.6 Å². The van der Waals surface area contributed by atoms with Gasteiger partial charge >= 0.3 is 0 Å². The first-order chi connectivity index (χ1) is 17.3. The van der Waals surface area contributed by atoms with Crippen LogP contribution in [0.5, 0.6) is 17.2 Å². The van der Waals surface area contributed by atoms with Crippen LogP contribution in [-0.2, 0) is 11.2 Å². The molecule has 198 valence electrons.